The van der Waals surface area contributed by atoms with Crippen LogP contribution in [0.15, 0.2) is 42.5 Å². The van der Waals surface area contributed by atoms with Gasteiger partial charge in [-0.05, 0) is 55.2 Å². The molecular weight excluding hydrogens is 365 g/mol. The summed E-state index contributed by atoms with van der Waals surface area (Å²) < 4.78 is 13.4. The molecule has 1 saturated heterocycles. The van der Waals surface area contributed by atoms with Crippen LogP contribution < -0.4 is 10.2 Å². The molecule has 0 unspecified atom stereocenters. The van der Waals surface area contributed by atoms with E-state index in [4.69, 9.17) is 9.97 Å². The highest BCUT2D eigenvalue weighted by Crippen LogP contribution is 2.31. The normalized spacial score (nSPS) is 17.7. The molecule has 0 amide bonds. The molecule has 1 aliphatic heterocycles. The second-order valence-electron chi connectivity index (χ2n) is 8.14. The van der Waals surface area contributed by atoms with Gasteiger partial charge < -0.3 is 10.2 Å². The van der Waals surface area contributed by atoms with Crippen LogP contribution in [-0.4, -0.2) is 47.1 Å². The number of hydrogen-bond acceptors (Lipinski definition) is 5. The molecule has 150 valence electrons. The zero-order chi connectivity index (χ0) is 19.8. The third-order valence-corrected chi connectivity index (χ3v) is 5.84. The Morgan fingerprint density at radius 2 is 1.72 bits per heavy atom. The Labute approximate surface area is 170 Å². The van der Waals surface area contributed by atoms with Crippen LogP contribution in [0.2, 0.25) is 0 Å². The first-order valence-electron chi connectivity index (χ1n) is 10.4. The fourth-order valence-corrected chi connectivity index (χ4v) is 3.92. The largest absolute Gasteiger partial charge is 0.364 e. The van der Waals surface area contributed by atoms with Crippen molar-refractivity contribution >= 4 is 22.7 Å². The minimum absolute atomic E-state index is 0.165. The summed E-state index contributed by atoms with van der Waals surface area (Å²) in [5.41, 5.74) is 4.09. The number of fused-ring (bicyclic) bond motifs is 1. The number of hydrogen-bond donors (Lipinski definition) is 1. The topological polar surface area (TPSA) is 44.3 Å². The van der Waals surface area contributed by atoms with E-state index in [1.807, 2.05) is 37.3 Å². The maximum Gasteiger partial charge on any atom is 0.172 e. The number of para-hydroxylation sites is 2. The Kier molecular flexibility index (Phi) is 4.79. The van der Waals surface area contributed by atoms with E-state index >= 15 is 0 Å². The Balaban J connectivity index is 1.32. The van der Waals surface area contributed by atoms with Gasteiger partial charge in [-0.2, -0.15) is 0 Å². The average Bonchev–Trinajstić information content (AvgIpc) is 3.54. The van der Waals surface area contributed by atoms with Crippen LogP contribution in [0.5, 0.6) is 0 Å². The van der Waals surface area contributed by atoms with Gasteiger partial charge in [-0.3, -0.25) is 4.90 Å². The van der Waals surface area contributed by atoms with Gasteiger partial charge >= 0.3 is 0 Å². The van der Waals surface area contributed by atoms with Crippen molar-refractivity contribution in [3.63, 3.8) is 0 Å². The van der Waals surface area contributed by atoms with Gasteiger partial charge in [0.1, 0.15) is 5.82 Å². The van der Waals surface area contributed by atoms with Gasteiger partial charge in [0.05, 0.1) is 11.0 Å². The minimum atomic E-state index is -0.165. The lowest BCUT2D eigenvalue weighted by Gasteiger charge is -2.36. The molecule has 0 bridgehead atoms. The van der Waals surface area contributed by atoms with Crippen LogP contribution in [0.1, 0.15) is 24.0 Å². The van der Waals surface area contributed by atoms with Crippen molar-refractivity contribution in [2.75, 3.05) is 36.4 Å². The number of aromatic nitrogens is 2. The van der Waals surface area contributed by atoms with Crippen LogP contribution in [0.3, 0.4) is 0 Å². The Morgan fingerprint density at radius 1 is 1.00 bits per heavy atom. The maximum atomic E-state index is 13.4. The molecule has 6 heteroatoms. The van der Waals surface area contributed by atoms with E-state index in [9.17, 15) is 4.39 Å². The van der Waals surface area contributed by atoms with E-state index in [1.165, 1.54) is 18.4 Å². The molecule has 2 aromatic carbocycles. The number of nitrogens with one attached hydrogen (secondary N) is 1. The van der Waals surface area contributed by atoms with Crippen molar-refractivity contribution in [1.82, 2.24) is 14.9 Å². The third kappa shape index (κ3) is 4.03. The molecule has 2 aliphatic rings. The zero-order valence-electron chi connectivity index (χ0n) is 16.7. The van der Waals surface area contributed by atoms with Crippen molar-refractivity contribution in [3.05, 3.63) is 59.4 Å². The number of piperazine rings is 1. The molecule has 29 heavy (non-hydrogen) atoms. The maximum absolute atomic E-state index is 13.4. The number of anilines is 2. The lowest BCUT2D eigenvalue weighted by molar-refractivity contribution is 0.249. The van der Waals surface area contributed by atoms with Gasteiger partial charge in [0.25, 0.3) is 0 Å². The molecule has 1 N–H and O–H groups in total. The van der Waals surface area contributed by atoms with Crippen molar-refractivity contribution in [3.8, 4) is 0 Å². The lowest BCUT2D eigenvalue weighted by atomic mass is 10.1. The fraction of sp³-hybridized carbons (Fsp3) is 0.391. The highest BCUT2D eigenvalue weighted by molar-refractivity contribution is 5.80. The summed E-state index contributed by atoms with van der Waals surface area (Å²) in [6.07, 6.45) is 2.41. The van der Waals surface area contributed by atoms with Crippen LogP contribution >= 0.6 is 0 Å². The van der Waals surface area contributed by atoms with Gasteiger partial charge in [0.2, 0.25) is 0 Å². The first-order chi connectivity index (χ1) is 14.2. The molecule has 1 aromatic heterocycles. The van der Waals surface area contributed by atoms with Gasteiger partial charge in [0, 0.05) is 38.8 Å². The first-order valence-corrected chi connectivity index (χ1v) is 10.4. The van der Waals surface area contributed by atoms with E-state index in [1.54, 1.807) is 12.1 Å². The standard InChI is InChI=1S/C23H26FN5/c1-16-14-18(24)7-6-17(16)15-28-10-12-29(13-11-28)23-22(25-19-8-9-19)26-20-4-2-3-5-21(20)27-23/h2-7,14,19H,8-13,15H2,1H3,(H,25,26). The van der Waals surface area contributed by atoms with Gasteiger partial charge in [0.15, 0.2) is 11.6 Å². The molecule has 1 saturated carbocycles. The van der Waals surface area contributed by atoms with Crippen LogP contribution in [0.25, 0.3) is 11.0 Å². The monoisotopic (exact) mass is 391 g/mol. The lowest BCUT2D eigenvalue weighted by Crippen LogP contribution is -2.46. The summed E-state index contributed by atoms with van der Waals surface area (Å²) in [7, 11) is 0. The molecular formula is C23H26FN5. The van der Waals surface area contributed by atoms with Crippen LogP contribution in [0, 0.1) is 12.7 Å². The van der Waals surface area contributed by atoms with Gasteiger partial charge in [-0.25, -0.2) is 14.4 Å². The molecule has 0 atom stereocenters. The summed E-state index contributed by atoms with van der Waals surface area (Å²) in [6, 6.07) is 13.7. The summed E-state index contributed by atoms with van der Waals surface area (Å²) in [5.74, 6) is 1.71. The quantitative estimate of drug-likeness (QED) is 0.713. The molecule has 5 rings (SSSR count). The molecule has 3 aromatic rings. The Hall–Kier alpha value is -2.73. The highest BCUT2D eigenvalue weighted by atomic mass is 19.1. The molecule has 0 radical (unpaired) electrons. The summed E-state index contributed by atoms with van der Waals surface area (Å²) in [5, 5.41) is 3.57. The van der Waals surface area contributed by atoms with Crippen molar-refractivity contribution in [2.45, 2.75) is 32.4 Å². The van der Waals surface area contributed by atoms with Crippen molar-refractivity contribution in [2.24, 2.45) is 0 Å². The Morgan fingerprint density at radius 3 is 2.41 bits per heavy atom. The second kappa shape index (κ2) is 7.59. The number of rotatable bonds is 5. The van der Waals surface area contributed by atoms with E-state index < -0.39 is 0 Å². The summed E-state index contributed by atoms with van der Waals surface area (Å²) in [4.78, 5) is 14.6. The summed E-state index contributed by atoms with van der Waals surface area (Å²) in [6.45, 7) is 6.56. The minimum Gasteiger partial charge on any atom is -0.364 e. The average molecular weight is 391 g/mol. The number of benzene rings is 2. The Bertz CT molecular complexity index is 1020. The highest BCUT2D eigenvalue weighted by Gasteiger charge is 2.27. The number of nitrogens with zero attached hydrogens (tertiary/aromatic N) is 4. The molecule has 1 aliphatic carbocycles. The van der Waals surface area contributed by atoms with Crippen molar-refractivity contribution in [1.29, 1.82) is 0 Å². The predicted molar refractivity (Wildman–Crippen MR) is 115 cm³/mol. The number of halogens is 1. The van der Waals surface area contributed by atoms with E-state index in [-0.39, 0.29) is 5.82 Å². The van der Waals surface area contributed by atoms with Crippen LogP contribution in [-0.2, 0) is 6.54 Å². The van der Waals surface area contributed by atoms with Gasteiger partial charge in [-0.1, -0.05) is 18.2 Å². The molecule has 0 spiro atoms. The van der Waals surface area contributed by atoms with E-state index in [2.05, 4.69) is 15.1 Å². The molecule has 5 nitrogen and oxygen atoms in total. The SMILES string of the molecule is Cc1cc(F)ccc1CN1CCN(c2nc3ccccc3nc2NC2CC2)CC1. The molecule has 2 heterocycles. The summed E-state index contributed by atoms with van der Waals surface area (Å²) >= 11 is 0. The zero-order valence-corrected chi connectivity index (χ0v) is 16.7. The number of aryl methyl sites for hydroxylation is 1. The smallest absolute Gasteiger partial charge is 0.172 e. The van der Waals surface area contributed by atoms with E-state index in [0.29, 0.717) is 6.04 Å². The predicted octanol–water partition coefficient (Wildman–Crippen LogP) is 3.97. The van der Waals surface area contributed by atoms with Gasteiger partial charge in [-0.15, -0.1) is 0 Å². The van der Waals surface area contributed by atoms with Crippen molar-refractivity contribution < 1.29 is 4.39 Å². The molecule has 2 fully saturated rings. The fourth-order valence-electron chi connectivity index (χ4n) is 3.92. The third-order valence-electron chi connectivity index (χ3n) is 5.84. The first kappa shape index (κ1) is 18.3. The van der Waals surface area contributed by atoms with Crippen LogP contribution in [0.4, 0.5) is 16.0 Å². The second-order valence-corrected chi connectivity index (χ2v) is 8.14. The van der Waals surface area contributed by atoms with E-state index in [0.717, 1.165) is 61.0 Å².